The van der Waals surface area contributed by atoms with Gasteiger partial charge in [-0.05, 0) is 24.3 Å². The molecule has 0 unspecified atom stereocenters. The predicted octanol–water partition coefficient (Wildman–Crippen LogP) is 2.15. The van der Waals surface area contributed by atoms with Gasteiger partial charge in [-0.15, -0.1) is 4.83 Å². The van der Waals surface area contributed by atoms with Gasteiger partial charge in [0.25, 0.3) is 10.0 Å². The van der Waals surface area contributed by atoms with Crippen LogP contribution in [0.4, 0.5) is 0 Å². The lowest BCUT2D eigenvalue weighted by Gasteiger charge is -2.12. The Balaban J connectivity index is 2.07. The first kappa shape index (κ1) is 15.1. The van der Waals surface area contributed by atoms with E-state index in [1.807, 2.05) is 0 Å². The van der Waals surface area contributed by atoms with Crippen molar-refractivity contribution in [3.63, 3.8) is 0 Å². The average Bonchev–Trinajstić information content (AvgIpc) is 2.53. The number of sulfonamides is 1. The van der Waals surface area contributed by atoms with Crippen molar-refractivity contribution in [3.05, 3.63) is 66.7 Å². The first-order chi connectivity index (χ1) is 10.0. The molecule has 0 fully saturated rings. The van der Waals surface area contributed by atoms with Gasteiger partial charge in [0, 0.05) is 11.3 Å². The highest BCUT2D eigenvalue weighted by atomic mass is 32.2. The highest BCUT2D eigenvalue weighted by molar-refractivity contribution is 7.89. The van der Waals surface area contributed by atoms with Crippen LogP contribution >= 0.6 is 0 Å². The summed E-state index contributed by atoms with van der Waals surface area (Å²) in [4.78, 5) is 2.47. The van der Waals surface area contributed by atoms with Crippen LogP contribution in [0.5, 0.6) is 5.75 Å². The molecule has 0 amide bonds. The highest BCUT2D eigenvalue weighted by Gasteiger charge is 2.13. The van der Waals surface area contributed by atoms with Crippen LogP contribution < -0.4 is 15.0 Å². The minimum atomic E-state index is -3.63. The van der Waals surface area contributed by atoms with Crippen LogP contribution in [0.3, 0.4) is 0 Å². The van der Waals surface area contributed by atoms with Crippen LogP contribution in [0.15, 0.2) is 66.1 Å². The van der Waals surface area contributed by atoms with Gasteiger partial charge in [0.15, 0.2) is 0 Å². The fourth-order valence-electron chi connectivity index (χ4n) is 1.67. The van der Waals surface area contributed by atoms with Crippen molar-refractivity contribution in [3.8, 4) is 5.75 Å². The first-order valence-corrected chi connectivity index (χ1v) is 7.67. The zero-order valence-corrected chi connectivity index (χ0v) is 12.4. The molecule has 0 aromatic heterocycles. The number of hydrogen-bond donors (Lipinski definition) is 2. The third-order valence-electron chi connectivity index (χ3n) is 2.81. The molecular weight excluding hydrogens is 288 g/mol. The van der Waals surface area contributed by atoms with E-state index < -0.39 is 10.0 Å². The van der Waals surface area contributed by atoms with Gasteiger partial charge in [-0.1, -0.05) is 36.9 Å². The van der Waals surface area contributed by atoms with Crippen LogP contribution in [-0.2, 0) is 10.0 Å². The molecule has 0 bridgehead atoms. The van der Waals surface area contributed by atoms with Gasteiger partial charge >= 0.3 is 0 Å². The summed E-state index contributed by atoms with van der Waals surface area (Å²) in [6.45, 7) is 3.80. The van der Waals surface area contributed by atoms with Gasteiger partial charge in [0.1, 0.15) is 5.75 Å². The van der Waals surface area contributed by atoms with Crippen LogP contribution in [0.2, 0.25) is 0 Å². The molecule has 2 aromatic rings. The Kier molecular flexibility index (Phi) is 4.62. The fourth-order valence-corrected chi connectivity index (χ4v) is 2.56. The fraction of sp³-hybridized carbons (Fsp3) is 0.0667. The van der Waals surface area contributed by atoms with Crippen LogP contribution in [0.1, 0.15) is 5.56 Å². The monoisotopic (exact) mass is 304 g/mol. The summed E-state index contributed by atoms with van der Waals surface area (Å²) in [5.41, 5.74) is 3.75. The molecule has 2 aromatic carbocycles. The van der Waals surface area contributed by atoms with Crippen LogP contribution in [-0.4, -0.2) is 15.5 Å². The maximum absolute atomic E-state index is 12.1. The molecule has 0 saturated carbocycles. The van der Waals surface area contributed by atoms with E-state index in [9.17, 15) is 8.42 Å². The molecule has 6 heteroatoms. The molecule has 0 aliphatic heterocycles. The van der Waals surface area contributed by atoms with Gasteiger partial charge in [-0.25, -0.2) is 8.42 Å². The molecule has 2 rings (SSSR count). The molecule has 0 saturated heterocycles. The zero-order chi connectivity index (χ0) is 15.3. The summed E-state index contributed by atoms with van der Waals surface area (Å²) in [7, 11) is -2.07. The Morgan fingerprint density at radius 1 is 1.10 bits per heavy atom. The number of ether oxygens (including phenoxy) is 1. The molecular formula is C15H16N2O3S. The van der Waals surface area contributed by atoms with Crippen molar-refractivity contribution in [2.24, 2.45) is 0 Å². The lowest BCUT2D eigenvalue weighted by molar-refractivity contribution is 0.414. The van der Waals surface area contributed by atoms with Gasteiger partial charge in [0.05, 0.1) is 12.0 Å². The van der Waals surface area contributed by atoms with E-state index in [-0.39, 0.29) is 4.90 Å². The number of benzene rings is 2. The van der Waals surface area contributed by atoms with Crippen molar-refractivity contribution < 1.29 is 13.2 Å². The maximum Gasteiger partial charge on any atom is 0.257 e. The summed E-state index contributed by atoms with van der Waals surface area (Å²) in [5.74, 6) is 0.668. The van der Waals surface area contributed by atoms with E-state index in [2.05, 4.69) is 16.8 Å². The molecule has 0 atom stereocenters. The summed E-state index contributed by atoms with van der Waals surface area (Å²) in [5, 5.41) is 0. The van der Waals surface area contributed by atoms with E-state index in [4.69, 9.17) is 4.74 Å². The zero-order valence-electron chi connectivity index (χ0n) is 11.5. The Hall–Kier alpha value is -2.31. The first-order valence-electron chi connectivity index (χ1n) is 6.19. The predicted molar refractivity (Wildman–Crippen MR) is 81.9 cm³/mol. The Morgan fingerprint density at radius 3 is 2.48 bits per heavy atom. The third kappa shape index (κ3) is 3.84. The van der Waals surface area contributed by atoms with Crippen LogP contribution in [0, 0.1) is 0 Å². The number of nitrogens with one attached hydrogen (secondary N) is 2. The maximum atomic E-state index is 12.1. The summed E-state index contributed by atoms with van der Waals surface area (Å²) >= 11 is 0. The second kappa shape index (κ2) is 6.43. The topological polar surface area (TPSA) is 67.4 Å². The molecule has 110 valence electrons. The molecule has 5 nitrogen and oxygen atoms in total. The van der Waals surface area contributed by atoms with Gasteiger partial charge in [0.2, 0.25) is 0 Å². The largest absolute Gasteiger partial charge is 0.497 e. The van der Waals surface area contributed by atoms with Crippen molar-refractivity contribution in [2.75, 3.05) is 7.11 Å². The number of methoxy groups -OCH3 is 1. The van der Waals surface area contributed by atoms with Gasteiger partial charge in [-0.2, -0.15) is 0 Å². The van der Waals surface area contributed by atoms with E-state index in [0.29, 0.717) is 11.4 Å². The summed E-state index contributed by atoms with van der Waals surface area (Å²) in [6.07, 6.45) is 0. The molecule has 0 heterocycles. The molecule has 21 heavy (non-hydrogen) atoms. The van der Waals surface area contributed by atoms with Crippen molar-refractivity contribution in [1.82, 2.24) is 10.3 Å². The second-order valence-electron chi connectivity index (χ2n) is 4.25. The highest BCUT2D eigenvalue weighted by Crippen LogP contribution is 2.17. The Bertz CT molecular complexity index is 728. The number of rotatable bonds is 6. The quantitative estimate of drug-likeness (QED) is 0.803. The smallest absolute Gasteiger partial charge is 0.257 e. The van der Waals surface area contributed by atoms with Crippen molar-refractivity contribution >= 4 is 15.7 Å². The van der Waals surface area contributed by atoms with E-state index in [1.54, 1.807) is 49.6 Å². The minimum absolute atomic E-state index is 0.177. The lowest BCUT2D eigenvalue weighted by atomic mass is 10.2. The van der Waals surface area contributed by atoms with E-state index in [1.165, 1.54) is 12.1 Å². The van der Waals surface area contributed by atoms with Crippen molar-refractivity contribution in [1.29, 1.82) is 0 Å². The van der Waals surface area contributed by atoms with Gasteiger partial charge in [-0.3, -0.25) is 0 Å². The van der Waals surface area contributed by atoms with Gasteiger partial charge < -0.3 is 10.2 Å². The minimum Gasteiger partial charge on any atom is -0.497 e. The van der Waals surface area contributed by atoms with Crippen molar-refractivity contribution in [2.45, 2.75) is 4.90 Å². The molecule has 0 radical (unpaired) electrons. The number of hydrogen-bond acceptors (Lipinski definition) is 4. The van der Waals surface area contributed by atoms with E-state index >= 15 is 0 Å². The number of hydrazine groups is 1. The second-order valence-corrected chi connectivity index (χ2v) is 5.94. The molecule has 0 aliphatic carbocycles. The Morgan fingerprint density at radius 2 is 1.81 bits per heavy atom. The normalized spacial score (nSPS) is 10.9. The van der Waals surface area contributed by atoms with Crippen LogP contribution in [0.25, 0.3) is 5.70 Å². The standard InChI is InChI=1S/C15H16N2O3S/c1-12(13-7-6-8-14(11-13)20-2)16-17-21(18,19)15-9-4-3-5-10-15/h3-11,16-17H,1H2,2H3. The SMILES string of the molecule is C=C(NNS(=O)(=O)c1ccccc1)c1cccc(OC)c1. The molecule has 0 aliphatic rings. The average molecular weight is 304 g/mol. The Labute approximate surface area is 124 Å². The lowest BCUT2D eigenvalue weighted by Crippen LogP contribution is -2.35. The third-order valence-corrected chi connectivity index (χ3v) is 4.07. The molecule has 0 spiro atoms. The van der Waals surface area contributed by atoms with E-state index in [0.717, 1.165) is 5.56 Å². The molecule has 2 N–H and O–H groups in total. The summed E-state index contributed by atoms with van der Waals surface area (Å²) < 4.78 is 29.2. The summed E-state index contributed by atoms with van der Waals surface area (Å²) in [6, 6.07) is 15.2.